The van der Waals surface area contributed by atoms with Crippen molar-refractivity contribution in [3.63, 3.8) is 0 Å². The number of rotatable bonds is 6. The Labute approximate surface area is 155 Å². The maximum atomic E-state index is 12.4. The number of furan rings is 1. The van der Waals surface area contributed by atoms with Gasteiger partial charge in [0, 0.05) is 24.8 Å². The molecule has 144 valence electrons. The van der Waals surface area contributed by atoms with E-state index in [0.717, 1.165) is 37.5 Å². The molecular formula is C19H28N2O4S. The summed E-state index contributed by atoms with van der Waals surface area (Å²) >= 11 is 0. The molecule has 1 N–H and O–H groups in total. The second-order valence-electron chi connectivity index (χ2n) is 8.18. The number of carbonyl (C=O) groups excluding carboxylic acids is 1. The van der Waals surface area contributed by atoms with E-state index in [1.807, 2.05) is 12.1 Å². The van der Waals surface area contributed by atoms with E-state index in [1.54, 1.807) is 0 Å². The second-order valence-corrected chi connectivity index (χ2v) is 10.3. The van der Waals surface area contributed by atoms with Crippen LogP contribution in [0.4, 0.5) is 0 Å². The van der Waals surface area contributed by atoms with E-state index in [9.17, 15) is 13.2 Å². The first-order chi connectivity index (χ1) is 12.4. The Bertz CT molecular complexity index is 766. The first-order valence-electron chi connectivity index (χ1n) is 9.74. The molecule has 4 unspecified atom stereocenters. The van der Waals surface area contributed by atoms with Crippen molar-refractivity contribution in [1.82, 2.24) is 10.2 Å². The standard InChI is InChI=1S/C19H28N2O4S/c1-13-10-15(13)18-6-4-14(25-18)5-7-19(22)20-16-11-26(23,24)12-17(16)21-8-2-3-9-21/h4,6,13,15-17H,2-3,5,7-12H2,1H3,(H,20,22). The van der Waals surface area contributed by atoms with Gasteiger partial charge in [-0.1, -0.05) is 6.92 Å². The third-order valence-corrected chi connectivity index (χ3v) is 7.75. The highest BCUT2D eigenvalue weighted by molar-refractivity contribution is 7.91. The normalized spacial score (nSPS) is 33.4. The SMILES string of the molecule is CC1CC1c1ccc(CCC(=O)NC2CS(=O)(=O)CC2N2CCCC2)o1. The summed E-state index contributed by atoms with van der Waals surface area (Å²) < 4.78 is 30.0. The topological polar surface area (TPSA) is 79.6 Å². The molecule has 3 aliphatic rings. The minimum atomic E-state index is -3.07. The van der Waals surface area contributed by atoms with Crippen LogP contribution in [-0.4, -0.2) is 55.9 Å². The second kappa shape index (κ2) is 7.00. The van der Waals surface area contributed by atoms with Gasteiger partial charge in [0.15, 0.2) is 9.84 Å². The molecule has 26 heavy (non-hydrogen) atoms. The number of sulfone groups is 1. The number of carbonyl (C=O) groups is 1. The minimum absolute atomic E-state index is 0.0599. The highest BCUT2D eigenvalue weighted by Gasteiger charge is 2.42. The van der Waals surface area contributed by atoms with Crippen LogP contribution in [0.2, 0.25) is 0 Å². The first kappa shape index (κ1) is 18.0. The van der Waals surface area contributed by atoms with Crippen molar-refractivity contribution in [1.29, 1.82) is 0 Å². The van der Waals surface area contributed by atoms with Crippen LogP contribution >= 0.6 is 0 Å². The first-order valence-corrected chi connectivity index (χ1v) is 11.6. The van der Waals surface area contributed by atoms with Gasteiger partial charge in [-0.25, -0.2) is 8.42 Å². The fourth-order valence-corrected chi connectivity index (χ4v) is 6.31. The van der Waals surface area contributed by atoms with Gasteiger partial charge in [0.2, 0.25) is 5.91 Å². The van der Waals surface area contributed by atoms with Crippen LogP contribution in [0.1, 0.15) is 50.0 Å². The lowest BCUT2D eigenvalue weighted by atomic mass is 10.1. The van der Waals surface area contributed by atoms with Gasteiger partial charge in [0.25, 0.3) is 0 Å². The van der Waals surface area contributed by atoms with Crippen LogP contribution in [0.15, 0.2) is 16.5 Å². The van der Waals surface area contributed by atoms with Gasteiger partial charge in [-0.2, -0.15) is 0 Å². The quantitative estimate of drug-likeness (QED) is 0.813. The zero-order valence-electron chi connectivity index (χ0n) is 15.3. The molecule has 6 nitrogen and oxygen atoms in total. The van der Waals surface area contributed by atoms with Crippen molar-refractivity contribution < 1.29 is 17.6 Å². The average Bonchev–Trinajstić information content (AvgIpc) is 3.04. The summed E-state index contributed by atoms with van der Waals surface area (Å²) in [6.07, 6.45) is 4.29. The van der Waals surface area contributed by atoms with E-state index < -0.39 is 9.84 Å². The van der Waals surface area contributed by atoms with Gasteiger partial charge in [-0.05, 0) is 50.4 Å². The molecule has 0 radical (unpaired) electrons. The summed E-state index contributed by atoms with van der Waals surface area (Å²) in [6, 6.07) is 3.62. The molecule has 4 rings (SSSR count). The smallest absolute Gasteiger partial charge is 0.220 e. The van der Waals surface area contributed by atoms with Gasteiger partial charge >= 0.3 is 0 Å². The fraction of sp³-hybridized carbons (Fsp3) is 0.737. The average molecular weight is 381 g/mol. The van der Waals surface area contributed by atoms with Gasteiger partial charge < -0.3 is 9.73 Å². The number of nitrogens with one attached hydrogen (secondary N) is 1. The highest BCUT2D eigenvalue weighted by Crippen LogP contribution is 2.47. The molecule has 1 aromatic heterocycles. The zero-order valence-corrected chi connectivity index (χ0v) is 16.1. The van der Waals surface area contributed by atoms with Crippen LogP contribution in [0.5, 0.6) is 0 Å². The van der Waals surface area contributed by atoms with Crippen molar-refractivity contribution in [3.05, 3.63) is 23.7 Å². The molecule has 0 spiro atoms. The lowest BCUT2D eigenvalue weighted by Crippen LogP contribution is -2.50. The van der Waals surface area contributed by atoms with E-state index in [1.165, 1.54) is 6.42 Å². The maximum absolute atomic E-state index is 12.4. The predicted octanol–water partition coefficient (Wildman–Crippen LogP) is 1.71. The number of nitrogens with zero attached hydrogens (tertiary/aromatic N) is 1. The van der Waals surface area contributed by atoms with Crippen molar-refractivity contribution in [2.24, 2.45) is 5.92 Å². The number of hydrogen-bond acceptors (Lipinski definition) is 5. The molecule has 1 amide bonds. The predicted molar refractivity (Wildman–Crippen MR) is 98.7 cm³/mol. The Morgan fingerprint density at radius 1 is 1.27 bits per heavy atom. The Morgan fingerprint density at radius 2 is 2.00 bits per heavy atom. The number of amides is 1. The van der Waals surface area contributed by atoms with E-state index in [-0.39, 0.29) is 29.5 Å². The molecule has 2 aliphatic heterocycles. The van der Waals surface area contributed by atoms with Crippen LogP contribution in [0, 0.1) is 5.92 Å². The van der Waals surface area contributed by atoms with Gasteiger partial charge in [-0.15, -0.1) is 0 Å². The van der Waals surface area contributed by atoms with Crippen molar-refractivity contribution >= 4 is 15.7 Å². The minimum Gasteiger partial charge on any atom is -0.466 e. The Morgan fingerprint density at radius 3 is 2.69 bits per heavy atom. The molecule has 7 heteroatoms. The Balaban J connectivity index is 1.31. The number of hydrogen-bond donors (Lipinski definition) is 1. The molecule has 0 aromatic carbocycles. The summed E-state index contributed by atoms with van der Waals surface area (Å²) in [6.45, 7) is 4.08. The largest absolute Gasteiger partial charge is 0.466 e. The molecule has 1 aliphatic carbocycles. The Kier molecular flexibility index (Phi) is 4.86. The van der Waals surface area contributed by atoms with Crippen LogP contribution < -0.4 is 5.32 Å². The molecule has 4 atom stereocenters. The Hall–Kier alpha value is -1.34. The molecule has 3 heterocycles. The van der Waals surface area contributed by atoms with Gasteiger partial charge in [0.05, 0.1) is 17.5 Å². The molecule has 3 fully saturated rings. The third-order valence-electron chi connectivity index (χ3n) is 6.03. The van der Waals surface area contributed by atoms with Gasteiger partial charge in [0.1, 0.15) is 11.5 Å². The summed E-state index contributed by atoms with van der Waals surface area (Å²) in [5, 5.41) is 2.98. The maximum Gasteiger partial charge on any atom is 0.220 e. The molecule has 1 aromatic rings. The van der Waals surface area contributed by atoms with Crippen LogP contribution in [-0.2, 0) is 21.1 Å². The van der Waals surface area contributed by atoms with Gasteiger partial charge in [-0.3, -0.25) is 9.69 Å². The molecule has 0 bridgehead atoms. The number of aryl methyl sites for hydroxylation is 1. The van der Waals surface area contributed by atoms with E-state index in [2.05, 4.69) is 17.1 Å². The van der Waals surface area contributed by atoms with E-state index in [0.29, 0.717) is 24.7 Å². The highest BCUT2D eigenvalue weighted by atomic mass is 32.2. The third kappa shape index (κ3) is 3.98. The van der Waals surface area contributed by atoms with Crippen LogP contribution in [0.25, 0.3) is 0 Å². The lowest BCUT2D eigenvalue weighted by Gasteiger charge is -2.28. The summed E-state index contributed by atoms with van der Waals surface area (Å²) in [7, 11) is -3.07. The molecule has 1 saturated carbocycles. The van der Waals surface area contributed by atoms with Crippen molar-refractivity contribution in [2.75, 3.05) is 24.6 Å². The lowest BCUT2D eigenvalue weighted by molar-refractivity contribution is -0.122. The van der Waals surface area contributed by atoms with E-state index >= 15 is 0 Å². The summed E-state index contributed by atoms with van der Waals surface area (Å²) in [5.74, 6) is 3.25. The van der Waals surface area contributed by atoms with E-state index in [4.69, 9.17) is 4.42 Å². The van der Waals surface area contributed by atoms with Crippen molar-refractivity contribution in [3.8, 4) is 0 Å². The molecule has 2 saturated heterocycles. The number of likely N-dealkylation sites (tertiary alicyclic amines) is 1. The van der Waals surface area contributed by atoms with Crippen LogP contribution in [0.3, 0.4) is 0 Å². The summed E-state index contributed by atoms with van der Waals surface area (Å²) in [5.41, 5.74) is 0. The fourth-order valence-electron chi connectivity index (χ4n) is 4.36. The van der Waals surface area contributed by atoms with Crippen molar-refractivity contribution in [2.45, 2.75) is 57.0 Å². The summed E-state index contributed by atoms with van der Waals surface area (Å²) in [4.78, 5) is 14.6. The molecular weight excluding hydrogens is 352 g/mol. The zero-order chi connectivity index (χ0) is 18.3. The monoisotopic (exact) mass is 380 g/mol.